The number of rotatable bonds is 4. The van der Waals surface area contributed by atoms with Crippen LogP contribution < -0.4 is 5.73 Å². The molecule has 7 nitrogen and oxygen atoms in total. The van der Waals surface area contributed by atoms with E-state index in [1.54, 1.807) is 0 Å². The van der Waals surface area contributed by atoms with Crippen LogP contribution in [0.25, 0.3) is 0 Å². The molecule has 1 saturated heterocycles. The normalized spacial score (nSPS) is 17.0. The third-order valence-corrected chi connectivity index (χ3v) is 6.08. The summed E-state index contributed by atoms with van der Waals surface area (Å²) < 4.78 is 27.0. The fourth-order valence-corrected chi connectivity index (χ4v) is 4.33. The molecule has 2 N–H and O–H groups in total. The maximum atomic E-state index is 12.6. The molecule has 1 aliphatic heterocycles. The number of benzene rings is 1. The van der Waals surface area contributed by atoms with Gasteiger partial charge < -0.3 is 5.73 Å². The van der Waals surface area contributed by atoms with Gasteiger partial charge in [-0.1, -0.05) is 15.9 Å². The lowest BCUT2D eigenvalue weighted by molar-refractivity contribution is -0.387. The van der Waals surface area contributed by atoms with Crippen molar-refractivity contribution in [2.75, 3.05) is 19.6 Å². The van der Waals surface area contributed by atoms with Gasteiger partial charge in [0.05, 0.1) is 4.92 Å². The summed E-state index contributed by atoms with van der Waals surface area (Å²) in [7, 11) is -3.86. The maximum Gasteiger partial charge on any atom is 0.290 e. The largest absolute Gasteiger partial charge is 0.330 e. The predicted molar refractivity (Wildman–Crippen MR) is 88.6 cm³/mol. The average molecular weight is 415 g/mol. The highest BCUT2D eigenvalue weighted by molar-refractivity contribution is 9.10. The molecular weight excluding hydrogens is 398 g/mol. The Balaban J connectivity index is 0.00000242. The molecule has 10 heteroatoms. The molecule has 124 valence electrons. The minimum atomic E-state index is -3.86. The summed E-state index contributed by atoms with van der Waals surface area (Å²) in [6.45, 7) is 1.22. The lowest BCUT2D eigenvalue weighted by Gasteiger charge is -2.30. The molecular formula is C12H17BrClN3O4S. The summed E-state index contributed by atoms with van der Waals surface area (Å²) in [6.07, 6.45) is 1.36. The van der Waals surface area contributed by atoms with Crippen LogP contribution in [0.1, 0.15) is 12.8 Å². The highest BCUT2D eigenvalue weighted by Crippen LogP contribution is 2.31. The molecule has 2 rings (SSSR count). The molecule has 0 unspecified atom stereocenters. The number of nitrogens with zero attached hydrogens (tertiary/aromatic N) is 2. The molecule has 1 aromatic carbocycles. The summed E-state index contributed by atoms with van der Waals surface area (Å²) in [6, 6.07) is 3.97. The molecule has 1 fully saturated rings. The van der Waals surface area contributed by atoms with Gasteiger partial charge in [0.2, 0.25) is 10.0 Å². The van der Waals surface area contributed by atoms with E-state index in [0.717, 1.165) is 0 Å². The summed E-state index contributed by atoms with van der Waals surface area (Å²) >= 11 is 3.12. The van der Waals surface area contributed by atoms with Crippen molar-refractivity contribution in [1.29, 1.82) is 0 Å². The summed E-state index contributed by atoms with van der Waals surface area (Å²) in [4.78, 5) is 10.1. The molecule has 0 aliphatic carbocycles. The maximum absolute atomic E-state index is 12.6. The Bertz CT molecular complexity index is 648. The first-order valence-corrected chi connectivity index (χ1v) is 8.73. The van der Waals surface area contributed by atoms with Gasteiger partial charge in [0.15, 0.2) is 4.90 Å². The Hall–Kier alpha value is -0.740. The molecule has 0 saturated carbocycles. The van der Waals surface area contributed by atoms with Crippen molar-refractivity contribution in [1.82, 2.24) is 4.31 Å². The molecule has 0 amide bonds. The Morgan fingerprint density at radius 3 is 2.45 bits per heavy atom. The molecule has 22 heavy (non-hydrogen) atoms. The van der Waals surface area contributed by atoms with E-state index in [1.807, 2.05) is 0 Å². The van der Waals surface area contributed by atoms with Crippen molar-refractivity contribution in [3.63, 3.8) is 0 Å². The smallest absolute Gasteiger partial charge is 0.290 e. The first-order chi connectivity index (χ1) is 9.86. The fourth-order valence-electron chi connectivity index (χ4n) is 2.38. The average Bonchev–Trinajstić information content (AvgIpc) is 2.47. The first-order valence-electron chi connectivity index (χ1n) is 6.50. The minimum Gasteiger partial charge on any atom is -0.330 e. The topological polar surface area (TPSA) is 107 Å². The van der Waals surface area contributed by atoms with Crippen LogP contribution in [0.2, 0.25) is 0 Å². The van der Waals surface area contributed by atoms with Crippen LogP contribution in [0.4, 0.5) is 5.69 Å². The van der Waals surface area contributed by atoms with Crippen molar-refractivity contribution in [3.8, 4) is 0 Å². The predicted octanol–water partition coefficient (Wildman–Crippen LogP) is 2.14. The van der Waals surface area contributed by atoms with Gasteiger partial charge in [-0.15, -0.1) is 12.4 Å². The summed E-state index contributed by atoms with van der Waals surface area (Å²) in [5.74, 6) is 0.316. The van der Waals surface area contributed by atoms with Crippen molar-refractivity contribution >= 4 is 44.0 Å². The lowest BCUT2D eigenvalue weighted by atomic mass is 9.99. The van der Waals surface area contributed by atoms with Crippen molar-refractivity contribution < 1.29 is 13.3 Å². The van der Waals surface area contributed by atoms with E-state index in [9.17, 15) is 18.5 Å². The van der Waals surface area contributed by atoms with Crippen LogP contribution in [0.3, 0.4) is 0 Å². The fraction of sp³-hybridized carbons (Fsp3) is 0.500. The molecule has 1 aromatic rings. The van der Waals surface area contributed by atoms with Crippen LogP contribution in [0.15, 0.2) is 27.6 Å². The number of nitrogens with two attached hydrogens (primary N) is 1. The quantitative estimate of drug-likeness (QED) is 0.600. The number of halogens is 2. The zero-order valence-corrected chi connectivity index (χ0v) is 14.9. The number of nitro benzene ring substituents is 1. The number of piperidine rings is 1. The Labute approximate surface area is 143 Å². The van der Waals surface area contributed by atoms with Gasteiger partial charge >= 0.3 is 0 Å². The monoisotopic (exact) mass is 413 g/mol. The summed E-state index contributed by atoms with van der Waals surface area (Å²) in [5.41, 5.74) is 5.18. The SMILES string of the molecule is Cl.NCC1CCN(S(=O)(=O)c2ccc(Br)cc2[N+](=O)[O-])CC1. The highest BCUT2D eigenvalue weighted by atomic mass is 79.9. The number of hydrogen-bond donors (Lipinski definition) is 1. The number of sulfonamides is 1. The molecule has 0 radical (unpaired) electrons. The van der Waals surface area contributed by atoms with Crippen LogP contribution in [0.5, 0.6) is 0 Å². The third kappa shape index (κ3) is 3.96. The Kier molecular flexibility index (Phi) is 6.75. The van der Waals surface area contributed by atoms with Crippen molar-refractivity contribution in [3.05, 3.63) is 32.8 Å². The van der Waals surface area contributed by atoms with Gasteiger partial charge in [0.25, 0.3) is 5.69 Å². The molecule has 1 aliphatic rings. The van der Waals surface area contributed by atoms with Crippen LogP contribution in [-0.2, 0) is 10.0 Å². The highest BCUT2D eigenvalue weighted by Gasteiger charge is 2.34. The van der Waals surface area contributed by atoms with E-state index < -0.39 is 20.6 Å². The molecule has 1 heterocycles. The van der Waals surface area contributed by atoms with E-state index in [-0.39, 0.29) is 17.3 Å². The van der Waals surface area contributed by atoms with Crippen LogP contribution >= 0.6 is 28.3 Å². The zero-order chi connectivity index (χ0) is 15.6. The second-order valence-electron chi connectivity index (χ2n) is 4.95. The van der Waals surface area contributed by atoms with E-state index in [2.05, 4.69) is 15.9 Å². The number of hydrogen-bond acceptors (Lipinski definition) is 5. The third-order valence-electron chi connectivity index (χ3n) is 3.64. The molecule has 0 aromatic heterocycles. The Morgan fingerprint density at radius 1 is 1.36 bits per heavy atom. The van der Waals surface area contributed by atoms with E-state index in [4.69, 9.17) is 5.73 Å². The molecule has 0 atom stereocenters. The van der Waals surface area contributed by atoms with Gasteiger partial charge in [-0.25, -0.2) is 8.42 Å². The molecule has 0 bridgehead atoms. The second-order valence-corrected chi connectivity index (χ2v) is 7.77. The van der Waals surface area contributed by atoms with Crippen LogP contribution in [0, 0.1) is 16.0 Å². The Morgan fingerprint density at radius 2 is 1.95 bits per heavy atom. The summed E-state index contributed by atoms with van der Waals surface area (Å²) in [5, 5.41) is 11.1. The van der Waals surface area contributed by atoms with Gasteiger partial charge in [-0.2, -0.15) is 4.31 Å². The van der Waals surface area contributed by atoms with Gasteiger partial charge in [0, 0.05) is 23.6 Å². The number of nitro groups is 1. The minimum absolute atomic E-state index is 0. The van der Waals surface area contributed by atoms with Gasteiger partial charge in [0.1, 0.15) is 0 Å². The zero-order valence-electron chi connectivity index (χ0n) is 11.6. The van der Waals surface area contributed by atoms with E-state index in [1.165, 1.54) is 22.5 Å². The van der Waals surface area contributed by atoms with Gasteiger partial charge in [-0.05, 0) is 37.4 Å². The second kappa shape index (κ2) is 7.69. The standard InChI is InChI=1S/C12H16BrN3O4S.ClH/c13-10-1-2-12(11(7-10)16(17)18)21(19,20)15-5-3-9(8-14)4-6-15;/h1-2,7,9H,3-6,8,14H2;1H. The first kappa shape index (κ1) is 19.3. The molecule has 0 spiro atoms. The van der Waals surface area contributed by atoms with Crippen molar-refractivity contribution in [2.45, 2.75) is 17.7 Å². The lowest BCUT2D eigenvalue weighted by Crippen LogP contribution is -2.40. The van der Waals surface area contributed by atoms with E-state index in [0.29, 0.717) is 42.9 Å². The van der Waals surface area contributed by atoms with Crippen molar-refractivity contribution in [2.24, 2.45) is 11.7 Å². The van der Waals surface area contributed by atoms with Crippen LogP contribution in [-0.4, -0.2) is 37.3 Å². The van der Waals surface area contributed by atoms with E-state index >= 15 is 0 Å². The van der Waals surface area contributed by atoms with Gasteiger partial charge in [-0.3, -0.25) is 10.1 Å².